The van der Waals surface area contributed by atoms with E-state index in [9.17, 15) is 4.79 Å². The summed E-state index contributed by atoms with van der Waals surface area (Å²) >= 11 is 0. The summed E-state index contributed by atoms with van der Waals surface area (Å²) in [6.45, 7) is 2.47. The molecule has 3 N–H and O–H groups in total. The fourth-order valence-corrected chi connectivity index (χ4v) is 1.81. The fourth-order valence-electron chi connectivity index (χ4n) is 1.81. The number of benzene rings is 2. The average Bonchev–Trinajstić information content (AvgIpc) is 2.45. The molecule has 2 aromatic rings. The lowest BCUT2D eigenvalue weighted by atomic mass is 10.1. The molecule has 0 unspecified atom stereocenters. The number of anilines is 1. The molecule has 0 heterocycles. The average molecular weight is 270 g/mol. The second-order valence-corrected chi connectivity index (χ2v) is 4.53. The van der Waals surface area contributed by atoms with Gasteiger partial charge in [0.25, 0.3) is 5.91 Å². The van der Waals surface area contributed by atoms with Crippen LogP contribution in [0.5, 0.6) is 5.75 Å². The zero-order valence-electron chi connectivity index (χ0n) is 11.4. The van der Waals surface area contributed by atoms with Crippen LogP contribution in [0.1, 0.15) is 11.1 Å². The van der Waals surface area contributed by atoms with Crippen LogP contribution in [0.25, 0.3) is 0 Å². The summed E-state index contributed by atoms with van der Waals surface area (Å²) in [6, 6.07) is 15.0. The second-order valence-electron chi connectivity index (χ2n) is 4.53. The van der Waals surface area contributed by atoms with Gasteiger partial charge in [0.05, 0.1) is 5.69 Å². The first-order chi connectivity index (χ1) is 9.66. The number of hydrogen-bond donors (Lipinski definition) is 2. The molecule has 4 nitrogen and oxygen atoms in total. The molecular formula is C16H18N2O2. The monoisotopic (exact) mass is 270 g/mol. The van der Waals surface area contributed by atoms with E-state index in [4.69, 9.17) is 10.5 Å². The zero-order chi connectivity index (χ0) is 14.4. The molecule has 0 aliphatic heterocycles. The number of nitrogen functional groups attached to an aromatic ring is 1. The van der Waals surface area contributed by atoms with Gasteiger partial charge >= 0.3 is 0 Å². The lowest BCUT2D eigenvalue weighted by molar-refractivity contribution is -0.123. The van der Waals surface area contributed by atoms with Crippen molar-refractivity contribution in [1.29, 1.82) is 0 Å². The Bertz CT molecular complexity index is 545. The van der Waals surface area contributed by atoms with Crippen LogP contribution in [-0.2, 0) is 11.3 Å². The van der Waals surface area contributed by atoms with Gasteiger partial charge in [-0.05, 0) is 30.2 Å². The van der Waals surface area contributed by atoms with Crippen molar-refractivity contribution in [3.05, 3.63) is 59.7 Å². The standard InChI is InChI=1S/C16H18N2O2/c1-12-6-2-3-7-13(12)10-18-16(19)11-20-15-9-5-4-8-14(15)17/h2-9H,10-11,17H2,1H3,(H,18,19). The van der Waals surface area contributed by atoms with E-state index in [0.29, 0.717) is 18.0 Å². The third-order valence-corrected chi connectivity index (χ3v) is 3.02. The Kier molecular flexibility index (Phi) is 4.60. The molecule has 0 saturated carbocycles. The quantitative estimate of drug-likeness (QED) is 0.819. The van der Waals surface area contributed by atoms with E-state index < -0.39 is 0 Å². The molecule has 104 valence electrons. The highest BCUT2D eigenvalue weighted by molar-refractivity contribution is 5.77. The largest absolute Gasteiger partial charge is 0.482 e. The minimum atomic E-state index is -0.170. The number of amides is 1. The van der Waals surface area contributed by atoms with Crippen molar-refractivity contribution >= 4 is 11.6 Å². The summed E-state index contributed by atoms with van der Waals surface area (Å²) in [5, 5.41) is 2.82. The van der Waals surface area contributed by atoms with E-state index >= 15 is 0 Å². The molecule has 0 saturated heterocycles. The number of ether oxygens (including phenoxy) is 1. The van der Waals surface area contributed by atoms with E-state index in [2.05, 4.69) is 5.32 Å². The van der Waals surface area contributed by atoms with Crippen molar-refractivity contribution in [2.24, 2.45) is 0 Å². The van der Waals surface area contributed by atoms with Crippen molar-refractivity contribution in [3.63, 3.8) is 0 Å². The SMILES string of the molecule is Cc1ccccc1CNC(=O)COc1ccccc1N. The molecule has 0 aromatic heterocycles. The van der Waals surface area contributed by atoms with Gasteiger partial charge < -0.3 is 15.8 Å². The molecule has 2 rings (SSSR count). The van der Waals surface area contributed by atoms with E-state index in [-0.39, 0.29) is 12.5 Å². The molecule has 0 spiro atoms. The molecule has 0 bridgehead atoms. The van der Waals surface area contributed by atoms with Gasteiger partial charge in [-0.1, -0.05) is 36.4 Å². The minimum absolute atomic E-state index is 0.0416. The molecule has 0 fully saturated rings. The van der Waals surface area contributed by atoms with Gasteiger partial charge in [0.2, 0.25) is 0 Å². The highest BCUT2D eigenvalue weighted by atomic mass is 16.5. The highest BCUT2D eigenvalue weighted by Gasteiger charge is 2.05. The first-order valence-electron chi connectivity index (χ1n) is 6.45. The summed E-state index contributed by atoms with van der Waals surface area (Å²) in [6.07, 6.45) is 0. The second kappa shape index (κ2) is 6.61. The summed E-state index contributed by atoms with van der Waals surface area (Å²) in [5.41, 5.74) is 8.51. The Labute approximate surface area is 118 Å². The first kappa shape index (κ1) is 13.9. The number of aryl methyl sites for hydroxylation is 1. The van der Waals surface area contributed by atoms with Crippen LogP contribution in [0, 0.1) is 6.92 Å². The first-order valence-corrected chi connectivity index (χ1v) is 6.45. The Morgan fingerprint density at radius 2 is 1.85 bits per heavy atom. The number of para-hydroxylation sites is 2. The number of nitrogens with two attached hydrogens (primary N) is 1. The summed E-state index contributed by atoms with van der Waals surface area (Å²) in [7, 11) is 0. The van der Waals surface area contributed by atoms with Gasteiger partial charge in [0.15, 0.2) is 6.61 Å². The van der Waals surface area contributed by atoms with Crippen LogP contribution in [0.2, 0.25) is 0 Å². The van der Waals surface area contributed by atoms with Crippen LogP contribution in [0.4, 0.5) is 5.69 Å². The molecule has 0 aliphatic carbocycles. The molecule has 20 heavy (non-hydrogen) atoms. The van der Waals surface area contributed by atoms with Crippen molar-refractivity contribution in [3.8, 4) is 5.75 Å². The molecule has 4 heteroatoms. The van der Waals surface area contributed by atoms with Gasteiger partial charge in [0.1, 0.15) is 5.75 Å². The highest BCUT2D eigenvalue weighted by Crippen LogP contribution is 2.19. The maximum absolute atomic E-state index is 11.7. The van der Waals surface area contributed by atoms with Crippen LogP contribution in [0.3, 0.4) is 0 Å². The third-order valence-electron chi connectivity index (χ3n) is 3.02. The van der Waals surface area contributed by atoms with E-state index in [1.54, 1.807) is 12.1 Å². The number of carbonyl (C=O) groups excluding carboxylic acids is 1. The normalized spacial score (nSPS) is 10.1. The molecule has 1 amide bonds. The van der Waals surface area contributed by atoms with Gasteiger partial charge in [-0.25, -0.2) is 0 Å². The Morgan fingerprint density at radius 1 is 1.15 bits per heavy atom. The summed E-state index contributed by atoms with van der Waals surface area (Å²) in [5.74, 6) is 0.357. The van der Waals surface area contributed by atoms with Crippen molar-refractivity contribution in [1.82, 2.24) is 5.32 Å². The number of rotatable bonds is 5. The van der Waals surface area contributed by atoms with Crippen LogP contribution in [-0.4, -0.2) is 12.5 Å². The van der Waals surface area contributed by atoms with Crippen molar-refractivity contribution in [2.45, 2.75) is 13.5 Å². The molecule has 0 aliphatic rings. The summed E-state index contributed by atoms with van der Waals surface area (Å²) < 4.78 is 5.38. The number of hydrogen-bond acceptors (Lipinski definition) is 3. The van der Waals surface area contributed by atoms with Gasteiger partial charge in [-0.3, -0.25) is 4.79 Å². The topological polar surface area (TPSA) is 64.3 Å². The predicted octanol–water partition coefficient (Wildman–Crippen LogP) is 2.27. The van der Waals surface area contributed by atoms with E-state index in [1.165, 1.54) is 0 Å². The van der Waals surface area contributed by atoms with E-state index in [0.717, 1.165) is 11.1 Å². The predicted molar refractivity (Wildman–Crippen MR) is 79.4 cm³/mol. The smallest absolute Gasteiger partial charge is 0.258 e. The fraction of sp³-hybridized carbons (Fsp3) is 0.188. The Hall–Kier alpha value is -2.49. The van der Waals surface area contributed by atoms with Crippen LogP contribution in [0.15, 0.2) is 48.5 Å². The van der Waals surface area contributed by atoms with Gasteiger partial charge in [-0.15, -0.1) is 0 Å². The third kappa shape index (κ3) is 3.75. The Morgan fingerprint density at radius 3 is 2.60 bits per heavy atom. The van der Waals surface area contributed by atoms with E-state index in [1.807, 2.05) is 43.3 Å². The lowest BCUT2D eigenvalue weighted by Crippen LogP contribution is -2.28. The minimum Gasteiger partial charge on any atom is -0.482 e. The maximum atomic E-state index is 11.7. The number of nitrogens with one attached hydrogen (secondary N) is 1. The van der Waals surface area contributed by atoms with Crippen molar-refractivity contribution in [2.75, 3.05) is 12.3 Å². The molecule has 0 atom stereocenters. The molecular weight excluding hydrogens is 252 g/mol. The maximum Gasteiger partial charge on any atom is 0.258 e. The molecule has 0 radical (unpaired) electrons. The zero-order valence-corrected chi connectivity index (χ0v) is 11.4. The van der Waals surface area contributed by atoms with Gasteiger partial charge in [0, 0.05) is 6.54 Å². The van der Waals surface area contributed by atoms with Crippen LogP contribution < -0.4 is 15.8 Å². The molecule has 2 aromatic carbocycles. The number of carbonyl (C=O) groups is 1. The Balaban J connectivity index is 1.82. The van der Waals surface area contributed by atoms with Crippen LogP contribution >= 0.6 is 0 Å². The van der Waals surface area contributed by atoms with Gasteiger partial charge in [-0.2, -0.15) is 0 Å². The van der Waals surface area contributed by atoms with Crippen molar-refractivity contribution < 1.29 is 9.53 Å². The summed E-state index contributed by atoms with van der Waals surface area (Å²) in [4.78, 5) is 11.7. The lowest BCUT2D eigenvalue weighted by Gasteiger charge is -2.10.